The average Bonchev–Trinajstić information content (AvgIpc) is 2.42. The van der Waals surface area contributed by atoms with Gasteiger partial charge in [-0.3, -0.25) is 0 Å². The summed E-state index contributed by atoms with van der Waals surface area (Å²) < 4.78 is 5.67. The van der Waals surface area contributed by atoms with Crippen LogP contribution < -0.4 is 4.74 Å². The van der Waals surface area contributed by atoms with E-state index in [9.17, 15) is 4.79 Å². The zero-order valence-electron chi connectivity index (χ0n) is 11.7. The highest BCUT2D eigenvalue weighted by molar-refractivity contribution is 7.79. The van der Waals surface area contributed by atoms with Crippen LogP contribution in [0.25, 0.3) is 0 Å². The lowest BCUT2D eigenvalue weighted by atomic mass is 10.1. The number of benzene rings is 1. The van der Waals surface area contributed by atoms with E-state index in [2.05, 4.69) is 12.6 Å². The van der Waals surface area contributed by atoms with Gasteiger partial charge in [0.25, 0.3) is 0 Å². The maximum absolute atomic E-state index is 10.8. The van der Waals surface area contributed by atoms with Crippen LogP contribution in [0.3, 0.4) is 0 Å². The Hall–Kier alpha value is -0.960. The van der Waals surface area contributed by atoms with E-state index in [1.165, 1.54) is 18.4 Å². The fraction of sp³-hybridized carbons (Fsp3) is 0.562. The minimum atomic E-state index is 0.299. The van der Waals surface area contributed by atoms with Crippen molar-refractivity contribution in [3.05, 3.63) is 29.8 Å². The molecule has 1 aromatic carbocycles. The standard InChI is InChI=1S/C16H24O2S/c1-14(17)7-5-3-2-4-6-12-18-16-10-8-15(13-19)9-11-16/h8-11,19H,2-7,12-13H2,1H3. The summed E-state index contributed by atoms with van der Waals surface area (Å²) in [6, 6.07) is 8.09. The topological polar surface area (TPSA) is 26.3 Å². The van der Waals surface area contributed by atoms with Crippen molar-refractivity contribution in [3.63, 3.8) is 0 Å². The normalized spacial score (nSPS) is 10.4. The minimum absolute atomic E-state index is 0.299. The van der Waals surface area contributed by atoms with Gasteiger partial charge in [-0.15, -0.1) is 0 Å². The predicted molar refractivity (Wildman–Crippen MR) is 83.0 cm³/mol. The molecule has 0 fully saturated rings. The highest BCUT2D eigenvalue weighted by Crippen LogP contribution is 2.14. The maximum atomic E-state index is 10.8. The molecule has 0 saturated carbocycles. The Morgan fingerprint density at radius 1 is 1.05 bits per heavy atom. The van der Waals surface area contributed by atoms with Crippen LogP contribution in [0.1, 0.15) is 51.0 Å². The fourth-order valence-corrected chi connectivity index (χ4v) is 2.10. The molecule has 2 nitrogen and oxygen atoms in total. The molecule has 0 aliphatic rings. The number of rotatable bonds is 10. The molecule has 19 heavy (non-hydrogen) atoms. The largest absolute Gasteiger partial charge is 0.494 e. The molecule has 3 heteroatoms. The third kappa shape index (κ3) is 7.93. The van der Waals surface area contributed by atoms with Gasteiger partial charge in [-0.05, 0) is 37.5 Å². The molecule has 0 spiro atoms. The number of Topliss-reactive ketones (excluding diaryl/α,β-unsaturated/α-hetero) is 1. The second-order valence-electron chi connectivity index (χ2n) is 4.87. The first-order valence-electron chi connectivity index (χ1n) is 7.04. The molecule has 1 rings (SSSR count). The van der Waals surface area contributed by atoms with E-state index in [-0.39, 0.29) is 0 Å². The third-order valence-electron chi connectivity index (χ3n) is 3.05. The smallest absolute Gasteiger partial charge is 0.129 e. The Morgan fingerprint density at radius 3 is 2.32 bits per heavy atom. The zero-order valence-corrected chi connectivity index (χ0v) is 12.6. The van der Waals surface area contributed by atoms with E-state index in [1.807, 2.05) is 24.3 Å². The van der Waals surface area contributed by atoms with E-state index in [1.54, 1.807) is 6.92 Å². The molecule has 0 N–H and O–H groups in total. The van der Waals surface area contributed by atoms with Gasteiger partial charge in [-0.25, -0.2) is 0 Å². The second kappa shape index (κ2) is 9.90. The quantitative estimate of drug-likeness (QED) is 0.507. The molecule has 1 aromatic rings. The van der Waals surface area contributed by atoms with E-state index < -0.39 is 0 Å². The monoisotopic (exact) mass is 280 g/mol. The fourth-order valence-electron chi connectivity index (χ4n) is 1.89. The Morgan fingerprint density at radius 2 is 1.68 bits per heavy atom. The Bertz CT molecular complexity index is 360. The van der Waals surface area contributed by atoms with Gasteiger partial charge in [0.2, 0.25) is 0 Å². The molecule has 0 atom stereocenters. The van der Waals surface area contributed by atoms with Crippen molar-refractivity contribution in [3.8, 4) is 5.75 Å². The van der Waals surface area contributed by atoms with Crippen molar-refractivity contribution in [2.45, 2.75) is 51.2 Å². The number of unbranched alkanes of at least 4 members (excludes halogenated alkanes) is 4. The zero-order chi connectivity index (χ0) is 13.9. The summed E-state index contributed by atoms with van der Waals surface area (Å²) in [7, 11) is 0. The summed E-state index contributed by atoms with van der Waals surface area (Å²) >= 11 is 4.22. The Kier molecular flexibility index (Phi) is 8.39. The van der Waals surface area contributed by atoms with Crippen molar-refractivity contribution in [1.82, 2.24) is 0 Å². The number of ketones is 1. The number of carbonyl (C=O) groups is 1. The molecule has 0 bridgehead atoms. The molecule has 0 unspecified atom stereocenters. The minimum Gasteiger partial charge on any atom is -0.494 e. The summed E-state index contributed by atoms with van der Waals surface area (Å²) in [4.78, 5) is 10.8. The Labute approximate surface area is 122 Å². The van der Waals surface area contributed by atoms with E-state index in [0.717, 1.165) is 43.8 Å². The first-order valence-corrected chi connectivity index (χ1v) is 7.67. The van der Waals surface area contributed by atoms with Crippen LogP contribution in [-0.2, 0) is 10.5 Å². The van der Waals surface area contributed by atoms with Crippen molar-refractivity contribution < 1.29 is 9.53 Å². The lowest BCUT2D eigenvalue weighted by molar-refractivity contribution is -0.117. The summed E-state index contributed by atoms with van der Waals surface area (Å²) in [5.74, 6) is 2.00. The molecule has 0 amide bonds. The number of carbonyl (C=O) groups excluding carboxylic acids is 1. The lowest BCUT2D eigenvalue weighted by Gasteiger charge is -2.06. The van der Waals surface area contributed by atoms with Gasteiger partial charge < -0.3 is 9.53 Å². The van der Waals surface area contributed by atoms with Gasteiger partial charge in [-0.1, -0.05) is 31.4 Å². The number of ether oxygens (including phenoxy) is 1. The van der Waals surface area contributed by atoms with E-state index in [4.69, 9.17) is 4.74 Å². The molecule has 0 heterocycles. The van der Waals surface area contributed by atoms with E-state index >= 15 is 0 Å². The van der Waals surface area contributed by atoms with Crippen molar-refractivity contribution in [2.75, 3.05) is 6.61 Å². The third-order valence-corrected chi connectivity index (χ3v) is 3.41. The van der Waals surface area contributed by atoms with Crippen molar-refractivity contribution in [1.29, 1.82) is 0 Å². The summed E-state index contributed by atoms with van der Waals surface area (Å²) in [6.45, 7) is 2.43. The van der Waals surface area contributed by atoms with Crippen LogP contribution in [0.4, 0.5) is 0 Å². The lowest BCUT2D eigenvalue weighted by Crippen LogP contribution is -1.97. The number of hydrogen-bond acceptors (Lipinski definition) is 3. The molecule has 0 saturated heterocycles. The van der Waals surface area contributed by atoms with Gasteiger partial charge in [0.05, 0.1) is 6.61 Å². The second-order valence-corrected chi connectivity index (χ2v) is 5.19. The first kappa shape index (κ1) is 16.1. The highest BCUT2D eigenvalue weighted by atomic mass is 32.1. The molecule has 0 aliphatic carbocycles. The van der Waals surface area contributed by atoms with Crippen LogP contribution in [0.15, 0.2) is 24.3 Å². The van der Waals surface area contributed by atoms with Crippen LogP contribution in [0.5, 0.6) is 5.75 Å². The number of hydrogen-bond donors (Lipinski definition) is 1. The van der Waals surface area contributed by atoms with Crippen molar-refractivity contribution in [2.24, 2.45) is 0 Å². The van der Waals surface area contributed by atoms with Gasteiger partial charge >= 0.3 is 0 Å². The van der Waals surface area contributed by atoms with Crippen LogP contribution in [0, 0.1) is 0 Å². The van der Waals surface area contributed by atoms with Gasteiger partial charge in [0.1, 0.15) is 11.5 Å². The first-order chi connectivity index (χ1) is 9.22. The molecule has 0 radical (unpaired) electrons. The van der Waals surface area contributed by atoms with Gasteiger partial charge in [0, 0.05) is 12.2 Å². The summed E-state index contributed by atoms with van der Waals surface area (Å²) in [6.07, 6.45) is 6.35. The summed E-state index contributed by atoms with van der Waals surface area (Å²) in [5.41, 5.74) is 1.21. The maximum Gasteiger partial charge on any atom is 0.129 e. The highest BCUT2D eigenvalue weighted by Gasteiger charge is 1.96. The SMILES string of the molecule is CC(=O)CCCCCCCOc1ccc(CS)cc1. The van der Waals surface area contributed by atoms with Crippen LogP contribution in [-0.4, -0.2) is 12.4 Å². The predicted octanol–water partition coefficient (Wildman–Crippen LogP) is 4.42. The molecular formula is C16H24O2S. The number of thiol groups is 1. The Balaban J connectivity index is 1.99. The molecular weight excluding hydrogens is 256 g/mol. The molecule has 106 valence electrons. The van der Waals surface area contributed by atoms with Gasteiger partial charge in [0.15, 0.2) is 0 Å². The van der Waals surface area contributed by atoms with Crippen LogP contribution in [0.2, 0.25) is 0 Å². The molecule has 0 aromatic heterocycles. The van der Waals surface area contributed by atoms with Crippen molar-refractivity contribution >= 4 is 18.4 Å². The van der Waals surface area contributed by atoms with Gasteiger partial charge in [-0.2, -0.15) is 12.6 Å². The van der Waals surface area contributed by atoms with Crippen LogP contribution >= 0.6 is 12.6 Å². The average molecular weight is 280 g/mol. The summed E-state index contributed by atoms with van der Waals surface area (Å²) in [5, 5.41) is 0. The van der Waals surface area contributed by atoms with E-state index in [0.29, 0.717) is 5.78 Å². The molecule has 0 aliphatic heterocycles.